The SMILES string of the molecule is N#Cc1ncc(N[C@H](CC2CCCCC2)C(N)=O)cc1Br. The van der Waals surface area contributed by atoms with Crippen LogP contribution in [0.15, 0.2) is 16.7 Å². The van der Waals surface area contributed by atoms with Crippen LogP contribution in [0.3, 0.4) is 0 Å². The highest BCUT2D eigenvalue weighted by Gasteiger charge is 2.22. The highest BCUT2D eigenvalue weighted by Crippen LogP contribution is 2.28. The number of halogens is 1. The zero-order valence-corrected chi connectivity index (χ0v) is 13.4. The van der Waals surface area contributed by atoms with Crippen LogP contribution in [0.25, 0.3) is 0 Å². The average molecular weight is 351 g/mol. The first kappa shape index (κ1) is 15.8. The van der Waals surface area contributed by atoms with Crippen LogP contribution in [0.1, 0.15) is 44.2 Å². The lowest BCUT2D eigenvalue weighted by Crippen LogP contribution is -2.37. The van der Waals surface area contributed by atoms with Crippen molar-refractivity contribution in [1.82, 2.24) is 4.98 Å². The number of carbonyl (C=O) groups excluding carboxylic acids is 1. The molecule has 1 heterocycles. The molecule has 3 N–H and O–H groups in total. The van der Waals surface area contributed by atoms with Crippen molar-refractivity contribution in [3.05, 3.63) is 22.4 Å². The van der Waals surface area contributed by atoms with E-state index in [4.69, 9.17) is 11.0 Å². The van der Waals surface area contributed by atoms with Crippen LogP contribution in [0.5, 0.6) is 0 Å². The molecule has 5 nitrogen and oxygen atoms in total. The van der Waals surface area contributed by atoms with E-state index in [2.05, 4.69) is 26.2 Å². The Morgan fingerprint density at radius 3 is 2.81 bits per heavy atom. The monoisotopic (exact) mass is 350 g/mol. The first-order valence-corrected chi connectivity index (χ1v) is 8.01. The first-order valence-electron chi connectivity index (χ1n) is 7.21. The molecule has 1 aliphatic carbocycles. The summed E-state index contributed by atoms with van der Waals surface area (Å²) in [6.07, 6.45) is 8.41. The number of nitrogens with one attached hydrogen (secondary N) is 1. The summed E-state index contributed by atoms with van der Waals surface area (Å²) in [7, 11) is 0. The maximum absolute atomic E-state index is 11.7. The van der Waals surface area contributed by atoms with Gasteiger partial charge in [-0.25, -0.2) is 4.98 Å². The number of nitrogens with two attached hydrogens (primary N) is 1. The molecule has 0 saturated heterocycles. The van der Waals surface area contributed by atoms with E-state index in [0.717, 1.165) is 6.42 Å². The number of anilines is 1. The Hall–Kier alpha value is -1.61. The Kier molecular flexibility index (Phi) is 5.57. The fourth-order valence-corrected chi connectivity index (χ4v) is 3.24. The number of hydrogen-bond acceptors (Lipinski definition) is 4. The fraction of sp³-hybridized carbons (Fsp3) is 0.533. The molecule has 0 bridgehead atoms. The summed E-state index contributed by atoms with van der Waals surface area (Å²) in [5, 5.41) is 12.0. The van der Waals surface area contributed by atoms with Crippen molar-refractivity contribution in [2.75, 3.05) is 5.32 Å². The molecule has 1 fully saturated rings. The van der Waals surface area contributed by atoms with Crippen LogP contribution < -0.4 is 11.1 Å². The van der Waals surface area contributed by atoms with Gasteiger partial charge in [-0.15, -0.1) is 0 Å². The average Bonchev–Trinajstić information content (AvgIpc) is 2.48. The quantitative estimate of drug-likeness (QED) is 0.853. The molecule has 1 aliphatic rings. The van der Waals surface area contributed by atoms with Gasteiger partial charge in [0.15, 0.2) is 5.69 Å². The maximum atomic E-state index is 11.7. The van der Waals surface area contributed by atoms with E-state index in [1.807, 2.05) is 6.07 Å². The second-order valence-electron chi connectivity index (χ2n) is 5.51. The summed E-state index contributed by atoms with van der Waals surface area (Å²) in [6.45, 7) is 0. The highest BCUT2D eigenvalue weighted by atomic mass is 79.9. The van der Waals surface area contributed by atoms with E-state index >= 15 is 0 Å². The van der Waals surface area contributed by atoms with Crippen molar-refractivity contribution >= 4 is 27.5 Å². The molecule has 1 amide bonds. The minimum atomic E-state index is -0.394. The van der Waals surface area contributed by atoms with E-state index in [9.17, 15) is 4.79 Å². The van der Waals surface area contributed by atoms with Crippen LogP contribution in [0.2, 0.25) is 0 Å². The van der Waals surface area contributed by atoms with Crippen LogP contribution in [0.4, 0.5) is 5.69 Å². The van der Waals surface area contributed by atoms with Gasteiger partial charge in [-0.1, -0.05) is 32.1 Å². The van der Waals surface area contributed by atoms with Crippen LogP contribution in [-0.4, -0.2) is 16.9 Å². The van der Waals surface area contributed by atoms with E-state index < -0.39 is 6.04 Å². The van der Waals surface area contributed by atoms with Gasteiger partial charge in [0.2, 0.25) is 5.91 Å². The number of aromatic nitrogens is 1. The molecule has 0 radical (unpaired) electrons. The summed E-state index contributed by atoms with van der Waals surface area (Å²) in [5.41, 5.74) is 6.53. The number of nitriles is 1. The summed E-state index contributed by atoms with van der Waals surface area (Å²) in [6, 6.07) is 3.35. The Bertz CT molecular complexity index is 549. The Morgan fingerprint density at radius 2 is 2.24 bits per heavy atom. The van der Waals surface area contributed by atoms with Crippen LogP contribution in [-0.2, 0) is 4.79 Å². The lowest BCUT2D eigenvalue weighted by molar-refractivity contribution is -0.119. The molecule has 0 aliphatic heterocycles. The summed E-state index contributed by atoms with van der Waals surface area (Å²) in [5.74, 6) is 0.208. The van der Waals surface area contributed by atoms with Gasteiger partial charge in [-0.3, -0.25) is 4.79 Å². The minimum Gasteiger partial charge on any atom is -0.372 e. The minimum absolute atomic E-state index is 0.323. The lowest BCUT2D eigenvalue weighted by atomic mass is 9.84. The molecular weight excluding hydrogens is 332 g/mol. The summed E-state index contributed by atoms with van der Waals surface area (Å²) in [4.78, 5) is 15.7. The molecule has 21 heavy (non-hydrogen) atoms. The standard InChI is InChI=1S/C15H19BrN4O/c16-12-7-11(9-19-14(12)8-17)20-13(15(18)21)6-10-4-2-1-3-5-10/h7,9-10,13,20H,1-6H2,(H2,18,21)/t13-/m1/s1. The van der Waals surface area contributed by atoms with Crippen LogP contribution in [0, 0.1) is 17.2 Å². The molecule has 0 spiro atoms. The fourth-order valence-electron chi connectivity index (χ4n) is 2.80. The molecule has 0 unspecified atom stereocenters. The van der Waals surface area contributed by atoms with Gasteiger partial charge in [0.25, 0.3) is 0 Å². The Balaban J connectivity index is 2.03. The number of hydrogen-bond donors (Lipinski definition) is 2. The summed E-state index contributed by atoms with van der Waals surface area (Å²) < 4.78 is 0.607. The number of pyridine rings is 1. The molecule has 1 saturated carbocycles. The van der Waals surface area contributed by atoms with Gasteiger partial charge in [0.1, 0.15) is 12.1 Å². The van der Waals surface area contributed by atoms with Crippen molar-refractivity contribution in [1.29, 1.82) is 5.26 Å². The molecular formula is C15H19BrN4O. The van der Waals surface area contributed by atoms with Crippen molar-refractivity contribution in [2.24, 2.45) is 11.7 Å². The predicted molar refractivity (Wildman–Crippen MR) is 84.4 cm³/mol. The number of nitrogens with zero attached hydrogens (tertiary/aromatic N) is 2. The highest BCUT2D eigenvalue weighted by molar-refractivity contribution is 9.10. The van der Waals surface area contributed by atoms with Gasteiger partial charge < -0.3 is 11.1 Å². The molecule has 0 aromatic carbocycles. The largest absolute Gasteiger partial charge is 0.372 e. The summed E-state index contributed by atoms with van der Waals surface area (Å²) >= 11 is 3.29. The number of amides is 1. The third kappa shape index (κ3) is 4.43. The Labute approximate surface area is 133 Å². The van der Waals surface area contributed by atoms with Gasteiger partial charge in [0.05, 0.1) is 16.4 Å². The normalized spacial score (nSPS) is 17.0. The third-order valence-corrected chi connectivity index (χ3v) is 4.53. The van der Waals surface area contributed by atoms with Gasteiger partial charge in [-0.2, -0.15) is 5.26 Å². The molecule has 1 aromatic rings. The maximum Gasteiger partial charge on any atom is 0.239 e. The van der Waals surface area contributed by atoms with Gasteiger partial charge in [-0.05, 0) is 34.3 Å². The van der Waals surface area contributed by atoms with Gasteiger partial charge in [0, 0.05) is 0 Å². The van der Waals surface area contributed by atoms with Gasteiger partial charge >= 0.3 is 0 Å². The molecule has 1 atom stereocenters. The second kappa shape index (κ2) is 7.41. The van der Waals surface area contributed by atoms with E-state index in [1.54, 1.807) is 12.3 Å². The zero-order chi connectivity index (χ0) is 15.2. The topological polar surface area (TPSA) is 91.8 Å². The van der Waals surface area contributed by atoms with E-state index in [1.165, 1.54) is 32.1 Å². The lowest BCUT2D eigenvalue weighted by Gasteiger charge is -2.26. The molecule has 2 rings (SSSR count). The molecule has 1 aromatic heterocycles. The van der Waals surface area contributed by atoms with Crippen molar-refractivity contribution in [3.8, 4) is 6.07 Å². The number of carbonyl (C=O) groups is 1. The molecule has 6 heteroatoms. The molecule has 112 valence electrons. The van der Waals surface area contributed by atoms with Crippen LogP contribution >= 0.6 is 15.9 Å². The predicted octanol–water partition coefficient (Wildman–Crippen LogP) is 2.95. The zero-order valence-electron chi connectivity index (χ0n) is 11.8. The first-order chi connectivity index (χ1) is 10.1. The second-order valence-corrected chi connectivity index (χ2v) is 6.36. The van der Waals surface area contributed by atoms with E-state index in [-0.39, 0.29) is 5.91 Å². The Morgan fingerprint density at radius 1 is 1.52 bits per heavy atom. The van der Waals surface area contributed by atoms with E-state index in [0.29, 0.717) is 21.8 Å². The van der Waals surface area contributed by atoms with Crippen molar-refractivity contribution < 1.29 is 4.79 Å². The third-order valence-electron chi connectivity index (χ3n) is 3.93. The number of rotatable bonds is 5. The smallest absolute Gasteiger partial charge is 0.239 e. The number of primary amides is 1. The van der Waals surface area contributed by atoms with Crippen molar-refractivity contribution in [2.45, 2.75) is 44.6 Å². The van der Waals surface area contributed by atoms with Crippen molar-refractivity contribution in [3.63, 3.8) is 0 Å².